The van der Waals surface area contributed by atoms with Gasteiger partial charge in [-0.1, -0.05) is 55.3 Å². The average Bonchev–Trinajstić information content (AvgIpc) is 2.89. The molecule has 1 aliphatic heterocycles. The van der Waals surface area contributed by atoms with E-state index in [2.05, 4.69) is 0 Å². The molecule has 2 aliphatic rings. The smallest absolute Gasteiger partial charge is 0.338 e. The Bertz CT molecular complexity index is 722. The molecule has 1 aromatic carbocycles. The number of rotatable bonds is 6. The highest BCUT2D eigenvalue weighted by Gasteiger charge is 2.50. The number of benzene rings is 1. The number of hydrogen-bond donors (Lipinski definition) is 1. The molecule has 0 unspecified atom stereocenters. The number of esters is 1. The molecule has 27 heavy (non-hydrogen) atoms. The highest BCUT2D eigenvalue weighted by Crippen LogP contribution is 2.46. The maximum Gasteiger partial charge on any atom is 0.338 e. The molecule has 1 aliphatic carbocycles. The Morgan fingerprint density at radius 2 is 1.89 bits per heavy atom. The lowest BCUT2D eigenvalue weighted by Crippen LogP contribution is -2.34. The van der Waals surface area contributed by atoms with E-state index in [-0.39, 0.29) is 17.8 Å². The van der Waals surface area contributed by atoms with E-state index in [0.29, 0.717) is 25.0 Å². The van der Waals surface area contributed by atoms with Crippen LogP contribution in [0.3, 0.4) is 0 Å². The first kappa shape index (κ1) is 19.7. The Hall–Kier alpha value is -2.07. The molecule has 0 radical (unpaired) electrons. The maximum atomic E-state index is 12.7. The first-order valence-corrected chi connectivity index (χ1v) is 9.91. The summed E-state index contributed by atoms with van der Waals surface area (Å²) in [5, 5.41) is 11.0. The van der Waals surface area contributed by atoms with E-state index < -0.39 is 11.6 Å². The molecule has 1 aromatic rings. The molecule has 0 saturated heterocycles. The standard InChI is InChI=1S/C23H30O4/c1-16(2)12-15-26-20(18-10-6-4-7-11-18)17(3)19-21(24)23(27-22(19)25)13-8-5-9-14-23/h4,6-7,10-12,17,20,24H,5,8-9,13-15H2,1-3H3/t17-,20+/m0/s1. The second-order valence-corrected chi connectivity index (χ2v) is 7.94. The van der Waals surface area contributed by atoms with Gasteiger partial charge in [0.05, 0.1) is 18.3 Å². The van der Waals surface area contributed by atoms with Gasteiger partial charge in [0, 0.05) is 5.92 Å². The van der Waals surface area contributed by atoms with E-state index >= 15 is 0 Å². The third-order valence-electron chi connectivity index (χ3n) is 5.66. The monoisotopic (exact) mass is 370 g/mol. The van der Waals surface area contributed by atoms with Crippen molar-refractivity contribution in [3.63, 3.8) is 0 Å². The minimum Gasteiger partial charge on any atom is -0.507 e. The predicted molar refractivity (Wildman–Crippen MR) is 105 cm³/mol. The predicted octanol–water partition coefficient (Wildman–Crippen LogP) is 5.42. The number of allylic oxidation sites excluding steroid dienone is 1. The van der Waals surface area contributed by atoms with Crippen LogP contribution in [0.4, 0.5) is 0 Å². The average molecular weight is 370 g/mol. The number of hydrogen-bond acceptors (Lipinski definition) is 4. The fourth-order valence-electron chi connectivity index (χ4n) is 4.13. The molecule has 1 N–H and O–H groups in total. The van der Waals surface area contributed by atoms with Gasteiger partial charge in [0.2, 0.25) is 0 Å². The Balaban J connectivity index is 1.91. The SMILES string of the molecule is CC(C)=CCO[C@@H](c1ccccc1)[C@@H](C)C1=C(O)C2(CCCCC2)OC1=O. The van der Waals surface area contributed by atoms with E-state index in [9.17, 15) is 9.90 Å². The van der Waals surface area contributed by atoms with Crippen molar-refractivity contribution in [1.29, 1.82) is 0 Å². The van der Waals surface area contributed by atoms with Crippen LogP contribution in [0.5, 0.6) is 0 Å². The molecule has 2 atom stereocenters. The lowest BCUT2D eigenvalue weighted by molar-refractivity contribution is -0.151. The molecule has 1 saturated carbocycles. The van der Waals surface area contributed by atoms with Gasteiger partial charge in [-0.2, -0.15) is 0 Å². The van der Waals surface area contributed by atoms with E-state index in [1.165, 1.54) is 5.57 Å². The Morgan fingerprint density at radius 3 is 2.52 bits per heavy atom. The van der Waals surface area contributed by atoms with Gasteiger partial charge in [0.25, 0.3) is 0 Å². The van der Waals surface area contributed by atoms with Crippen LogP contribution in [0.1, 0.15) is 64.5 Å². The Kier molecular flexibility index (Phi) is 6.05. The first-order valence-electron chi connectivity index (χ1n) is 9.91. The summed E-state index contributed by atoms with van der Waals surface area (Å²) in [6, 6.07) is 9.88. The van der Waals surface area contributed by atoms with Gasteiger partial charge < -0.3 is 14.6 Å². The minimum atomic E-state index is -0.805. The third-order valence-corrected chi connectivity index (χ3v) is 5.66. The summed E-state index contributed by atoms with van der Waals surface area (Å²) in [6.07, 6.45) is 6.16. The molecule has 146 valence electrons. The van der Waals surface area contributed by atoms with Gasteiger partial charge >= 0.3 is 5.97 Å². The summed E-state index contributed by atoms with van der Waals surface area (Å²) in [4.78, 5) is 12.7. The van der Waals surface area contributed by atoms with Crippen LogP contribution in [-0.4, -0.2) is 23.3 Å². The van der Waals surface area contributed by atoms with Gasteiger partial charge in [-0.05, 0) is 45.1 Å². The van der Waals surface area contributed by atoms with Crippen LogP contribution in [0, 0.1) is 5.92 Å². The molecule has 1 heterocycles. The third kappa shape index (κ3) is 4.11. The van der Waals surface area contributed by atoms with Crippen LogP contribution < -0.4 is 0 Å². The van der Waals surface area contributed by atoms with E-state index in [4.69, 9.17) is 9.47 Å². The van der Waals surface area contributed by atoms with Crippen molar-refractivity contribution in [2.75, 3.05) is 6.61 Å². The number of aliphatic hydroxyl groups is 1. The highest BCUT2D eigenvalue weighted by molar-refractivity contribution is 5.93. The van der Waals surface area contributed by atoms with Crippen LogP contribution in [0.15, 0.2) is 53.3 Å². The van der Waals surface area contributed by atoms with Crippen molar-refractivity contribution in [1.82, 2.24) is 0 Å². The molecule has 1 fully saturated rings. The van der Waals surface area contributed by atoms with E-state index in [1.54, 1.807) is 0 Å². The molecular weight excluding hydrogens is 340 g/mol. The summed E-state index contributed by atoms with van der Waals surface area (Å²) >= 11 is 0. The normalized spacial score (nSPS) is 21.1. The summed E-state index contributed by atoms with van der Waals surface area (Å²) in [5.41, 5.74) is 1.74. The second kappa shape index (κ2) is 8.30. The second-order valence-electron chi connectivity index (χ2n) is 7.94. The van der Waals surface area contributed by atoms with Crippen molar-refractivity contribution in [3.05, 3.63) is 58.9 Å². The zero-order chi connectivity index (χ0) is 19.4. The number of carbonyl (C=O) groups is 1. The zero-order valence-electron chi connectivity index (χ0n) is 16.5. The molecule has 0 amide bonds. The van der Waals surface area contributed by atoms with Crippen LogP contribution in [-0.2, 0) is 14.3 Å². The Morgan fingerprint density at radius 1 is 1.22 bits per heavy atom. The van der Waals surface area contributed by atoms with Crippen LogP contribution in [0.2, 0.25) is 0 Å². The van der Waals surface area contributed by atoms with Gasteiger partial charge in [-0.3, -0.25) is 0 Å². The maximum absolute atomic E-state index is 12.7. The van der Waals surface area contributed by atoms with Gasteiger partial charge in [0.15, 0.2) is 5.60 Å². The molecule has 0 bridgehead atoms. The quantitative estimate of drug-likeness (QED) is 0.537. The lowest BCUT2D eigenvalue weighted by atomic mass is 9.81. The molecular formula is C23H30O4. The highest BCUT2D eigenvalue weighted by atomic mass is 16.6. The van der Waals surface area contributed by atoms with Crippen molar-refractivity contribution in [2.45, 2.75) is 64.6 Å². The fourth-order valence-corrected chi connectivity index (χ4v) is 4.13. The molecule has 3 rings (SSSR count). The number of ether oxygens (including phenoxy) is 2. The van der Waals surface area contributed by atoms with Crippen molar-refractivity contribution >= 4 is 5.97 Å². The summed E-state index contributed by atoms with van der Waals surface area (Å²) in [7, 11) is 0. The van der Waals surface area contributed by atoms with Gasteiger partial charge in [-0.25, -0.2) is 4.79 Å². The molecule has 4 nitrogen and oxygen atoms in total. The number of carbonyl (C=O) groups excluding carboxylic acids is 1. The fraction of sp³-hybridized carbons (Fsp3) is 0.522. The van der Waals surface area contributed by atoms with Crippen LogP contribution >= 0.6 is 0 Å². The minimum absolute atomic E-state index is 0.131. The number of aliphatic hydroxyl groups excluding tert-OH is 1. The van der Waals surface area contributed by atoms with Crippen LogP contribution in [0.25, 0.3) is 0 Å². The first-order chi connectivity index (χ1) is 12.9. The van der Waals surface area contributed by atoms with Gasteiger partial charge in [-0.15, -0.1) is 0 Å². The van der Waals surface area contributed by atoms with Crippen molar-refractivity contribution in [2.24, 2.45) is 5.92 Å². The lowest BCUT2D eigenvalue weighted by Gasteiger charge is -2.31. The molecule has 1 spiro atoms. The summed E-state index contributed by atoms with van der Waals surface area (Å²) < 4.78 is 11.9. The zero-order valence-corrected chi connectivity index (χ0v) is 16.5. The van der Waals surface area contributed by atoms with Gasteiger partial charge in [0.1, 0.15) is 5.76 Å². The molecule has 0 aromatic heterocycles. The van der Waals surface area contributed by atoms with E-state index in [0.717, 1.165) is 24.8 Å². The van der Waals surface area contributed by atoms with Crippen molar-refractivity contribution in [3.8, 4) is 0 Å². The Labute approximate surface area is 161 Å². The van der Waals surface area contributed by atoms with E-state index in [1.807, 2.05) is 57.2 Å². The summed E-state index contributed by atoms with van der Waals surface area (Å²) in [6.45, 7) is 6.45. The largest absolute Gasteiger partial charge is 0.507 e. The molecule has 4 heteroatoms. The topological polar surface area (TPSA) is 55.8 Å². The summed E-state index contributed by atoms with van der Waals surface area (Å²) in [5.74, 6) is -0.563. The van der Waals surface area contributed by atoms with Crippen molar-refractivity contribution < 1.29 is 19.4 Å².